The van der Waals surface area contributed by atoms with Gasteiger partial charge in [0.15, 0.2) is 17.5 Å². The molecule has 0 saturated heterocycles. The van der Waals surface area contributed by atoms with Crippen LogP contribution in [-0.4, -0.2) is 29.1 Å². The van der Waals surface area contributed by atoms with Crippen LogP contribution in [0.25, 0.3) is 134 Å². The number of pyridine rings is 1. The molecule has 0 aliphatic heterocycles. The zero-order valence-corrected chi connectivity index (χ0v) is 34.2. The van der Waals surface area contributed by atoms with Crippen LogP contribution < -0.4 is 10.6 Å². The van der Waals surface area contributed by atoms with Gasteiger partial charge in [0.25, 0.3) is 0 Å². The molecule has 13 aromatic rings. The van der Waals surface area contributed by atoms with Crippen LogP contribution in [0.15, 0.2) is 179 Å². The van der Waals surface area contributed by atoms with Crippen LogP contribution in [0.1, 0.15) is 12.8 Å². The highest BCUT2D eigenvalue weighted by molar-refractivity contribution is 6.17. The summed E-state index contributed by atoms with van der Waals surface area (Å²) in [6, 6.07) is 56.4. The molecule has 64 heavy (non-hydrogen) atoms. The molecule has 300 valence electrons. The first-order valence-corrected chi connectivity index (χ1v) is 21.6. The number of nitrogens with zero attached hydrogens (tertiary/aromatic N) is 6. The number of aromatic nitrogens is 6. The van der Waals surface area contributed by atoms with Gasteiger partial charge in [-0.25, -0.2) is 19.9 Å². The second-order valence-electron chi connectivity index (χ2n) is 16.5. The first kappa shape index (κ1) is 35.0. The fourth-order valence-electron chi connectivity index (χ4n) is 9.95. The maximum Gasteiger partial charge on any atom is 0.167 e. The molecule has 1 aliphatic rings. The standard InChI is InChI=1S/C56H34N6O2/c1-3-15-33(16-4-1)53-58-54(34-17-5-2-6-18-34)60-55(59-53)44-27-35(61-45-23-11-7-19-36(45)40-30-51-42(28-47(40)61)38-21-9-13-25-49(38)63-51)32-57-56(44)62-46-24-12-8-20-37(46)41-31-52-43(29-48(41)62)39-22-10-14-26-50(39)64-52/h1-6,8-10,12-32H,7,11H2. The van der Waals surface area contributed by atoms with Crippen molar-refractivity contribution in [1.82, 2.24) is 29.1 Å². The lowest BCUT2D eigenvalue weighted by Gasteiger charge is -2.16. The van der Waals surface area contributed by atoms with Crippen LogP contribution in [0, 0.1) is 0 Å². The van der Waals surface area contributed by atoms with E-state index in [1.54, 1.807) is 0 Å². The SMILES string of the molecule is C1=c2c(n(-c3cnc(-n4c5ccccc5c5cc6oc7ccccc7c6cc54)c(-c4nc(-c5ccccc5)nc(-c5ccccc5)n4)c3)c3cc4c(cc23)oc2ccccc24)=CCC1. The highest BCUT2D eigenvalue weighted by Gasteiger charge is 2.24. The first-order valence-electron chi connectivity index (χ1n) is 21.6. The van der Waals surface area contributed by atoms with E-state index in [0.717, 1.165) is 117 Å². The summed E-state index contributed by atoms with van der Waals surface area (Å²) in [7, 11) is 0. The van der Waals surface area contributed by atoms with Gasteiger partial charge in [-0.2, -0.15) is 0 Å². The molecule has 0 bridgehead atoms. The van der Waals surface area contributed by atoms with Gasteiger partial charge < -0.3 is 13.4 Å². The normalized spacial score (nSPS) is 12.8. The minimum atomic E-state index is 0.516. The molecule has 6 aromatic heterocycles. The lowest BCUT2D eigenvalue weighted by atomic mass is 10.1. The summed E-state index contributed by atoms with van der Waals surface area (Å²) in [5.74, 6) is 2.38. The summed E-state index contributed by atoms with van der Waals surface area (Å²) in [6.07, 6.45) is 8.61. The van der Waals surface area contributed by atoms with Gasteiger partial charge in [0, 0.05) is 59.4 Å². The van der Waals surface area contributed by atoms with Gasteiger partial charge in [0.05, 0.1) is 34.0 Å². The van der Waals surface area contributed by atoms with Crippen molar-refractivity contribution < 1.29 is 8.83 Å². The topological polar surface area (TPSA) is 87.7 Å². The van der Waals surface area contributed by atoms with Crippen molar-refractivity contribution in [3.8, 4) is 45.7 Å². The number of fused-ring (bicyclic) bond motifs is 12. The molecule has 0 fully saturated rings. The van der Waals surface area contributed by atoms with Crippen molar-refractivity contribution in [3.63, 3.8) is 0 Å². The Morgan fingerprint density at radius 2 is 0.953 bits per heavy atom. The Kier molecular flexibility index (Phi) is 7.35. The summed E-state index contributed by atoms with van der Waals surface area (Å²) in [4.78, 5) is 21.3. The number of benzene rings is 7. The molecule has 8 heteroatoms. The van der Waals surface area contributed by atoms with E-state index >= 15 is 0 Å². The Bertz CT molecular complexity index is 4140. The smallest absolute Gasteiger partial charge is 0.167 e. The first-order chi connectivity index (χ1) is 31.7. The largest absolute Gasteiger partial charge is 0.456 e. The zero-order chi connectivity index (χ0) is 41.9. The molecule has 0 amide bonds. The highest BCUT2D eigenvalue weighted by atomic mass is 16.3. The third-order valence-electron chi connectivity index (χ3n) is 12.8. The molecular formula is C56H34N6O2. The van der Waals surface area contributed by atoms with E-state index in [0.29, 0.717) is 23.3 Å². The molecule has 0 radical (unpaired) electrons. The van der Waals surface area contributed by atoms with Crippen LogP contribution in [-0.2, 0) is 0 Å². The molecule has 0 N–H and O–H groups in total. The summed E-state index contributed by atoms with van der Waals surface area (Å²) in [5.41, 5.74) is 9.99. The van der Waals surface area contributed by atoms with Gasteiger partial charge in [0.2, 0.25) is 0 Å². The third-order valence-corrected chi connectivity index (χ3v) is 12.8. The molecule has 8 nitrogen and oxygen atoms in total. The molecule has 14 rings (SSSR count). The summed E-state index contributed by atoms with van der Waals surface area (Å²) < 4.78 is 17.5. The average Bonchev–Trinajstić information content (AvgIpc) is 4.10. The number of hydrogen-bond donors (Lipinski definition) is 0. The summed E-state index contributed by atoms with van der Waals surface area (Å²) in [5, 5.41) is 9.90. The fraction of sp³-hybridized carbons (Fsp3) is 0.0357. The third kappa shape index (κ3) is 5.17. The Hall–Kier alpha value is -8.62. The van der Waals surface area contributed by atoms with Crippen LogP contribution in [0.3, 0.4) is 0 Å². The fourth-order valence-corrected chi connectivity index (χ4v) is 9.95. The molecule has 0 atom stereocenters. The molecule has 7 aromatic carbocycles. The van der Waals surface area contributed by atoms with Crippen molar-refractivity contribution >= 4 is 88.7 Å². The number of furan rings is 2. The van der Waals surface area contributed by atoms with E-state index in [-0.39, 0.29) is 0 Å². The van der Waals surface area contributed by atoms with E-state index in [2.05, 4.69) is 100 Å². The van der Waals surface area contributed by atoms with Gasteiger partial charge in [-0.1, -0.05) is 127 Å². The maximum absolute atomic E-state index is 6.44. The molecule has 6 heterocycles. The van der Waals surface area contributed by atoms with Crippen LogP contribution in [0.5, 0.6) is 0 Å². The summed E-state index contributed by atoms with van der Waals surface area (Å²) in [6.45, 7) is 0. The Morgan fingerprint density at radius 3 is 1.62 bits per heavy atom. The summed E-state index contributed by atoms with van der Waals surface area (Å²) >= 11 is 0. The van der Waals surface area contributed by atoms with Crippen LogP contribution in [0.4, 0.5) is 0 Å². The Labute approximate surface area is 364 Å². The second-order valence-corrected chi connectivity index (χ2v) is 16.5. The average molecular weight is 823 g/mol. The minimum absolute atomic E-state index is 0.516. The number of hydrogen-bond acceptors (Lipinski definition) is 6. The van der Waals surface area contributed by atoms with Crippen molar-refractivity contribution in [2.75, 3.05) is 0 Å². The van der Waals surface area contributed by atoms with Crippen molar-refractivity contribution in [2.24, 2.45) is 0 Å². The van der Waals surface area contributed by atoms with Gasteiger partial charge in [0.1, 0.15) is 28.1 Å². The number of rotatable bonds is 5. The van der Waals surface area contributed by atoms with Crippen LogP contribution in [0.2, 0.25) is 0 Å². The molecule has 1 aliphatic carbocycles. The predicted molar refractivity (Wildman–Crippen MR) is 257 cm³/mol. The monoisotopic (exact) mass is 822 g/mol. The van der Waals surface area contributed by atoms with Crippen molar-refractivity contribution in [3.05, 3.63) is 181 Å². The lowest BCUT2D eigenvalue weighted by molar-refractivity contribution is 0.669. The van der Waals surface area contributed by atoms with E-state index in [1.807, 2.05) is 91.1 Å². The Morgan fingerprint density at radius 1 is 0.406 bits per heavy atom. The van der Waals surface area contributed by atoms with Gasteiger partial charge >= 0.3 is 0 Å². The van der Waals surface area contributed by atoms with Crippen LogP contribution >= 0.6 is 0 Å². The second kappa shape index (κ2) is 13.4. The lowest BCUT2D eigenvalue weighted by Crippen LogP contribution is -2.30. The van der Waals surface area contributed by atoms with E-state index in [1.165, 1.54) is 5.22 Å². The highest BCUT2D eigenvalue weighted by Crippen LogP contribution is 2.41. The predicted octanol–water partition coefficient (Wildman–Crippen LogP) is 12.5. The molecule has 0 saturated carbocycles. The maximum atomic E-state index is 6.44. The Balaban J connectivity index is 1.11. The van der Waals surface area contributed by atoms with Gasteiger partial charge in [-0.05, 0) is 61.4 Å². The minimum Gasteiger partial charge on any atom is -0.456 e. The number of para-hydroxylation sites is 3. The molecule has 0 unspecified atom stereocenters. The van der Waals surface area contributed by atoms with E-state index in [4.69, 9.17) is 28.8 Å². The molecule has 0 spiro atoms. The van der Waals surface area contributed by atoms with Crippen molar-refractivity contribution in [2.45, 2.75) is 12.8 Å². The van der Waals surface area contributed by atoms with Gasteiger partial charge in [-0.15, -0.1) is 0 Å². The van der Waals surface area contributed by atoms with Gasteiger partial charge in [-0.3, -0.25) is 4.57 Å². The van der Waals surface area contributed by atoms with E-state index < -0.39 is 0 Å². The zero-order valence-electron chi connectivity index (χ0n) is 34.2. The molecular weight excluding hydrogens is 789 g/mol. The quantitative estimate of drug-likeness (QED) is 0.172. The van der Waals surface area contributed by atoms with Crippen molar-refractivity contribution in [1.29, 1.82) is 0 Å². The van der Waals surface area contributed by atoms with E-state index in [9.17, 15) is 0 Å².